The summed E-state index contributed by atoms with van der Waals surface area (Å²) in [7, 11) is 3.25. The van der Waals surface area contributed by atoms with Gasteiger partial charge in [-0.3, -0.25) is 0 Å². The topological polar surface area (TPSA) is 9.23 Å². The van der Waals surface area contributed by atoms with Crippen molar-refractivity contribution >= 4 is 5.57 Å². The van der Waals surface area contributed by atoms with Gasteiger partial charge in [0.2, 0.25) is 0 Å². The number of hydrogen-bond acceptors (Lipinski definition) is 1. The zero-order chi connectivity index (χ0) is 20.5. The lowest BCUT2D eigenvalue weighted by atomic mass is 10.1. The summed E-state index contributed by atoms with van der Waals surface area (Å²) in [6.45, 7) is 15.3. The molecule has 0 amide bonds. The standard InChI is InChI=1S/C12H8.C4H10.C4H6.C3H8.C2H6O/c1-3-7-11(8-4-1)12-9-5-2-6-10-12;2*1-3-4-2;2*1-3-2/h1-5,7-9H;3-4H2,1-2H3;3-4H,1-2H2;3H2,1-2H3;1-2H3. The molecule has 0 aromatic heterocycles. The smallest absolute Gasteiger partial charge is 0.0351 e. The molecule has 0 N–H and O–H groups in total. The molecule has 0 unspecified atom stereocenters. The normalized spacial score (nSPS) is 9.38. The van der Waals surface area contributed by atoms with Crippen LogP contribution in [0.2, 0.25) is 0 Å². The van der Waals surface area contributed by atoms with Gasteiger partial charge < -0.3 is 4.74 Å². The molecule has 0 fully saturated rings. The summed E-state index contributed by atoms with van der Waals surface area (Å²) >= 11 is 0. The molecule has 26 heavy (non-hydrogen) atoms. The molecular weight excluding hydrogens is 316 g/mol. The fourth-order valence-electron chi connectivity index (χ4n) is 1.14. The van der Waals surface area contributed by atoms with E-state index in [-0.39, 0.29) is 0 Å². The maximum atomic E-state index is 4.25. The number of ether oxygens (including phenoxy) is 1. The SMILES string of the molecule is C1=C=C(c2ccccc2)C=CC=1.C=CC=C.CCC.CCCC.COC. The van der Waals surface area contributed by atoms with Crippen LogP contribution >= 0.6 is 0 Å². The predicted molar refractivity (Wildman–Crippen MR) is 120 cm³/mol. The zero-order valence-corrected chi connectivity index (χ0v) is 17.7. The molecule has 1 nitrogen and oxygen atoms in total. The first kappa shape index (κ1) is 28.5. The van der Waals surface area contributed by atoms with E-state index in [1.54, 1.807) is 26.4 Å². The predicted octanol–water partition coefficient (Wildman–Crippen LogP) is 7.79. The summed E-state index contributed by atoms with van der Waals surface area (Å²) in [5.74, 6) is 0. The second kappa shape index (κ2) is 27.5. The molecule has 0 saturated heterocycles. The Hall–Kier alpha value is -2.30. The minimum atomic E-state index is 1.10. The van der Waals surface area contributed by atoms with E-state index in [2.05, 4.69) is 69.2 Å². The van der Waals surface area contributed by atoms with Crippen LogP contribution in [0, 0.1) is 0 Å². The van der Waals surface area contributed by atoms with Gasteiger partial charge in [0.05, 0.1) is 0 Å². The van der Waals surface area contributed by atoms with E-state index in [1.165, 1.54) is 24.8 Å². The van der Waals surface area contributed by atoms with Crippen LogP contribution in [0.15, 0.2) is 85.3 Å². The van der Waals surface area contributed by atoms with Crippen molar-refractivity contribution in [3.8, 4) is 0 Å². The first-order valence-electron chi connectivity index (χ1n) is 9.20. The van der Waals surface area contributed by atoms with E-state index >= 15 is 0 Å². The van der Waals surface area contributed by atoms with E-state index in [9.17, 15) is 0 Å². The second-order valence-corrected chi connectivity index (χ2v) is 5.16. The Morgan fingerprint density at radius 1 is 0.923 bits per heavy atom. The molecule has 0 spiro atoms. The Balaban J connectivity index is -0.000000316. The fourth-order valence-corrected chi connectivity index (χ4v) is 1.14. The minimum Gasteiger partial charge on any atom is -0.388 e. The largest absolute Gasteiger partial charge is 0.388 e. The second-order valence-electron chi connectivity index (χ2n) is 5.16. The molecule has 0 heterocycles. The highest BCUT2D eigenvalue weighted by atomic mass is 16.4. The Kier molecular flexibility index (Phi) is 30.2. The molecule has 2 rings (SSSR count). The lowest BCUT2D eigenvalue weighted by Crippen LogP contribution is -1.78. The van der Waals surface area contributed by atoms with Gasteiger partial charge in [0, 0.05) is 19.8 Å². The first-order chi connectivity index (χ1) is 12.6. The van der Waals surface area contributed by atoms with Crippen molar-refractivity contribution in [3.63, 3.8) is 0 Å². The van der Waals surface area contributed by atoms with Crippen molar-refractivity contribution in [1.82, 2.24) is 0 Å². The summed E-state index contributed by atoms with van der Waals surface area (Å²) in [5.41, 5.74) is 8.28. The average Bonchev–Trinajstić information content (AvgIpc) is 2.71. The van der Waals surface area contributed by atoms with E-state index in [0.29, 0.717) is 0 Å². The highest BCUT2D eigenvalue weighted by Crippen LogP contribution is 2.14. The third-order valence-electron chi connectivity index (χ3n) is 2.40. The molecule has 0 radical (unpaired) electrons. The van der Waals surface area contributed by atoms with Crippen molar-refractivity contribution in [2.75, 3.05) is 14.2 Å². The van der Waals surface area contributed by atoms with Crippen LogP contribution in [0.25, 0.3) is 5.57 Å². The van der Waals surface area contributed by atoms with Crippen LogP contribution < -0.4 is 0 Å². The van der Waals surface area contributed by atoms with Gasteiger partial charge in [-0.1, -0.05) is 120 Å². The van der Waals surface area contributed by atoms with Crippen LogP contribution in [0.1, 0.15) is 52.5 Å². The van der Waals surface area contributed by atoms with Gasteiger partial charge >= 0.3 is 0 Å². The Labute approximate surface area is 162 Å². The molecular formula is C25H38O. The number of unbranched alkanes of at least 4 members (excludes halogenated alkanes) is 1. The molecule has 1 heteroatoms. The number of methoxy groups -OCH3 is 1. The monoisotopic (exact) mass is 354 g/mol. The third kappa shape index (κ3) is 24.0. The van der Waals surface area contributed by atoms with Crippen LogP contribution in [0.5, 0.6) is 0 Å². The summed E-state index contributed by atoms with van der Waals surface area (Å²) in [6.07, 6.45) is 13.0. The van der Waals surface area contributed by atoms with Crippen molar-refractivity contribution in [2.45, 2.75) is 47.0 Å². The summed E-state index contributed by atoms with van der Waals surface area (Å²) in [6, 6.07) is 10.2. The highest BCUT2D eigenvalue weighted by molar-refractivity contribution is 5.74. The van der Waals surface area contributed by atoms with Gasteiger partial charge in [0.1, 0.15) is 0 Å². The van der Waals surface area contributed by atoms with E-state index in [4.69, 9.17) is 0 Å². The zero-order valence-electron chi connectivity index (χ0n) is 17.7. The van der Waals surface area contributed by atoms with E-state index < -0.39 is 0 Å². The molecule has 0 atom stereocenters. The molecule has 0 aliphatic heterocycles. The number of benzene rings is 1. The highest BCUT2D eigenvalue weighted by Gasteiger charge is 1.94. The van der Waals surface area contributed by atoms with Crippen LogP contribution in [-0.2, 0) is 4.74 Å². The summed E-state index contributed by atoms with van der Waals surface area (Å²) in [5, 5.41) is 0. The molecule has 1 aliphatic rings. The van der Waals surface area contributed by atoms with Crippen molar-refractivity contribution in [2.24, 2.45) is 0 Å². The minimum absolute atomic E-state index is 1.10. The Morgan fingerprint density at radius 2 is 1.38 bits per heavy atom. The third-order valence-corrected chi connectivity index (χ3v) is 2.40. The van der Waals surface area contributed by atoms with E-state index in [1.807, 2.05) is 36.4 Å². The maximum Gasteiger partial charge on any atom is 0.0351 e. The maximum absolute atomic E-state index is 4.25. The van der Waals surface area contributed by atoms with Gasteiger partial charge in [0.15, 0.2) is 0 Å². The average molecular weight is 355 g/mol. The number of hydrogen-bond donors (Lipinski definition) is 0. The van der Waals surface area contributed by atoms with Crippen LogP contribution in [-0.4, -0.2) is 14.2 Å². The molecule has 1 aliphatic carbocycles. The van der Waals surface area contributed by atoms with Gasteiger partial charge in [-0.2, -0.15) is 0 Å². The van der Waals surface area contributed by atoms with Gasteiger partial charge in [-0.15, -0.1) is 0 Å². The van der Waals surface area contributed by atoms with E-state index in [0.717, 1.165) is 5.57 Å². The van der Waals surface area contributed by atoms with Crippen molar-refractivity contribution in [1.29, 1.82) is 0 Å². The van der Waals surface area contributed by atoms with Gasteiger partial charge in [-0.05, 0) is 17.7 Å². The van der Waals surface area contributed by atoms with Crippen molar-refractivity contribution < 1.29 is 4.74 Å². The molecule has 0 saturated carbocycles. The Bertz CT molecular complexity index is 527. The van der Waals surface area contributed by atoms with Gasteiger partial charge in [-0.25, -0.2) is 0 Å². The molecule has 144 valence electrons. The quantitative estimate of drug-likeness (QED) is 0.397. The summed E-state index contributed by atoms with van der Waals surface area (Å²) < 4.78 is 4.25. The molecule has 1 aromatic rings. The van der Waals surface area contributed by atoms with Crippen molar-refractivity contribution in [3.05, 3.63) is 90.9 Å². The Morgan fingerprint density at radius 3 is 1.69 bits per heavy atom. The van der Waals surface area contributed by atoms with Crippen LogP contribution in [0.3, 0.4) is 0 Å². The van der Waals surface area contributed by atoms with Crippen LogP contribution in [0.4, 0.5) is 0 Å². The molecule has 1 aromatic carbocycles. The number of rotatable bonds is 3. The number of allylic oxidation sites excluding steroid dienone is 6. The first-order valence-corrected chi connectivity index (χ1v) is 9.20. The molecule has 0 bridgehead atoms. The lowest BCUT2D eigenvalue weighted by Gasteiger charge is -1.97. The summed E-state index contributed by atoms with van der Waals surface area (Å²) in [4.78, 5) is 0. The van der Waals surface area contributed by atoms with Gasteiger partial charge in [0.25, 0.3) is 0 Å². The fraction of sp³-hybridized carbons (Fsp3) is 0.360. The lowest BCUT2D eigenvalue weighted by molar-refractivity contribution is 0.277.